The molecule has 0 saturated heterocycles. The van der Waals surface area contributed by atoms with Crippen molar-refractivity contribution in [2.45, 2.75) is 38.6 Å². The van der Waals surface area contributed by atoms with Crippen LogP contribution in [0.2, 0.25) is 10.0 Å². The quantitative estimate of drug-likeness (QED) is 0.511. The highest BCUT2D eigenvalue weighted by atomic mass is 35.5. The molecule has 2 amide bonds. The molecule has 162 valence electrons. The molecule has 2 aromatic rings. The normalized spacial score (nSPS) is 11.8. The Labute approximate surface area is 191 Å². The van der Waals surface area contributed by atoms with Gasteiger partial charge in [-0.25, -0.2) is 4.39 Å². The van der Waals surface area contributed by atoms with E-state index in [1.54, 1.807) is 31.2 Å². The van der Waals surface area contributed by atoms with Gasteiger partial charge < -0.3 is 10.2 Å². The van der Waals surface area contributed by atoms with E-state index in [0.717, 1.165) is 17.5 Å². The minimum absolute atomic E-state index is 0.163. The fraction of sp³-hybridized carbons (Fsp3) is 0.364. The number of halogens is 3. The van der Waals surface area contributed by atoms with Crippen LogP contribution in [0.25, 0.3) is 0 Å². The van der Waals surface area contributed by atoms with Gasteiger partial charge in [0.15, 0.2) is 0 Å². The van der Waals surface area contributed by atoms with Gasteiger partial charge in [-0.3, -0.25) is 9.59 Å². The number of nitrogens with one attached hydrogen (secondary N) is 1. The molecule has 1 N–H and O–H groups in total. The lowest BCUT2D eigenvalue weighted by atomic mass is 10.1. The Morgan fingerprint density at radius 2 is 1.77 bits per heavy atom. The summed E-state index contributed by atoms with van der Waals surface area (Å²) < 4.78 is 13.2. The molecule has 0 heterocycles. The predicted octanol–water partition coefficient (Wildman–Crippen LogP) is 5.31. The average molecular weight is 471 g/mol. The van der Waals surface area contributed by atoms with Crippen molar-refractivity contribution in [1.29, 1.82) is 0 Å². The van der Waals surface area contributed by atoms with Crippen molar-refractivity contribution in [3.05, 3.63) is 69.5 Å². The van der Waals surface area contributed by atoms with Crippen LogP contribution in [-0.2, 0) is 21.9 Å². The molecule has 0 aromatic heterocycles. The topological polar surface area (TPSA) is 49.4 Å². The zero-order valence-electron chi connectivity index (χ0n) is 17.0. The van der Waals surface area contributed by atoms with Crippen LogP contribution in [-0.4, -0.2) is 35.1 Å². The van der Waals surface area contributed by atoms with Gasteiger partial charge in [-0.1, -0.05) is 48.3 Å². The summed E-state index contributed by atoms with van der Waals surface area (Å²) >= 11 is 13.4. The van der Waals surface area contributed by atoms with Gasteiger partial charge in [0, 0.05) is 18.8 Å². The van der Waals surface area contributed by atoms with Crippen molar-refractivity contribution in [2.24, 2.45) is 0 Å². The van der Waals surface area contributed by atoms with E-state index in [9.17, 15) is 14.0 Å². The highest BCUT2D eigenvalue weighted by Gasteiger charge is 2.25. The second kappa shape index (κ2) is 12.2. The van der Waals surface area contributed by atoms with Gasteiger partial charge in [0.05, 0.1) is 15.8 Å². The Morgan fingerprint density at radius 3 is 2.40 bits per heavy atom. The van der Waals surface area contributed by atoms with Crippen molar-refractivity contribution >= 4 is 46.8 Å². The monoisotopic (exact) mass is 470 g/mol. The van der Waals surface area contributed by atoms with Crippen LogP contribution in [0.5, 0.6) is 0 Å². The molecule has 0 bridgehead atoms. The lowest BCUT2D eigenvalue weighted by Gasteiger charge is -2.28. The third-order valence-corrected chi connectivity index (χ3v) is 6.19. The molecule has 0 fully saturated rings. The summed E-state index contributed by atoms with van der Waals surface area (Å²) in [5, 5.41) is 3.79. The molecule has 30 heavy (non-hydrogen) atoms. The third kappa shape index (κ3) is 7.49. The molecule has 0 saturated carbocycles. The molecular formula is C22H25Cl2FN2O2S. The summed E-state index contributed by atoms with van der Waals surface area (Å²) in [6, 6.07) is 10.7. The Kier molecular flexibility index (Phi) is 9.95. The number of hydrogen-bond acceptors (Lipinski definition) is 3. The number of carbonyl (C=O) groups excluding carboxylic acids is 2. The van der Waals surface area contributed by atoms with E-state index < -0.39 is 6.04 Å². The standard InChI is InChI=1S/C22H25Cl2FN2O2S/c1-3-10-26-22(29)15(2)27(12-16-4-7-18(25)8-5-16)21(28)14-30-13-17-6-9-19(23)20(24)11-17/h4-9,11,15H,3,10,12-14H2,1-2H3,(H,26,29)/t15-/m0/s1. The van der Waals surface area contributed by atoms with E-state index in [2.05, 4.69) is 5.32 Å². The van der Waals surface area contributed by atoms with Crippen molar-refractivity contribution in [3.63, 3.8) is 0 Å². The number of benzene rings is 2. The van der Waals surface area contributed by atoms with E-state index in [-0.39, 0.29) is 29.9 Å². The van der Waals surface area contributed by atoms with Gasteiger partial charge in [-0.15, -0.1) is 11.8 Å². The van der Waals surface area contributed by atoms with Crippen LogP contribution in [0, 0.1) is 5.82 Å². The maximum absolute atomic E-state index is 13.2. The largest absolute Gasteiger partial charge is 0.354 e. The minimum atomic E-state index is -0.639. The fourth-order valence-corrected chi connectivity index (χ4v) is 3.91. The summed E-state index contributed by atoms with van der Waals surface area (Å²) in [7, 11) is 0. The van der Waals surface area contributed by atoms with Crippen LogP contribution in [0.4, 0.5) is 4.39 Å². The number of nitrogens with zero attached hydrogens (tertiary/aromatic N) is 1. The van der Waals surface area contributed by atoms with E-state index in [1.807, 2.05) is 13.0 Å². The van der Waals surface area contributed by atoms with Crippen LogP contribution >= 0.6 is 35.0 Å². The van der Waals surface area contributed by atoms with E-state index >= 15 is 0 Å². The molecular weight excluding hydrogens is 446 g/mol. The molecule has 2 aromatic carbocycles. The first-order valence-electron chi connectivity index (χ1n) is 9.65. The molecule has 2 rings (SSSR count). The first-order chi connectivity index (χ1) is 14.3. The second-order valence-corrected chi connectivity index (χ2v) is 8.66. The number of rotatable bonds is 10. The molecule has 0 aliphatic heterocycles. The molecule has 0 radical (unpaired) electrons. The third-order valence-electron chi connectivity index (χ3n) is 4.46. The summed E-state index contributed by atoms with van der Waals surface area (Å²) in [6.07, 6.45) is 0.809. The summed E-state index contributed by atoms with van der Waals surface area (Å²) in [5.74, 6) is 0.0730. The molecule has 1 atom stereocenters. The molecule has 0 aliphatic rings. The van der Waals surface area contributed by atoms with Crippen LogP contribution in [0.3, 0.4) is 0 Å². The number of hydrogen-bond donors (Lipinski definition) is 1. The van der Waals surface area contributed by atoms with Gasteiger partial charge in [0.1, 0.15) is 11.9 Å². The van der Waals surface area contributed by atoms with Crippen molar-refractivity contribution in [2.75, 3.05) is 12.3 Å². The van der Waals surface area contributed by atoms with Gasteiger partial charge >= 0.3 is 0 Å². The molecule has 0 aliphatic carbocycles. The first kappa shape index (κ1) is 24.5. The number of amides is 2. The van der Waals surface area contributed by atoms with Gasteiger partial charge in [0.2, 0.25) is 11.8 Å². The number of thioether (sulfide) groups is 1. The maximum atomic E-state index is 13.2. The molecule has 0 unspecified atom stereocenters. The zero-order chi connectivity index (χ0) is 22.1. The van der Waals surface area contributed by atoms with E-state index in [0.29, 0.717) is 22.3 Å². The lowest BCUT2D eigenvalue weighted by Crippen LogP contribution is -2.48. The zero-order valence-corrected chi connectivity index (χ0v) is 19.3. The predicted molar refractivity (Wildman–Crippen MR) is 122 cm³/mol. The average Bonchev–Trinajstić information content (AvgIpc) is 2.73. The Morgan fingerprint density at radius 1 is 1.10 bits per heavy atom. The first-order valence-corrected chi connectivity index (χ1v) is 11.6. The Bertz CT molecular complexity index is 865. The fourth-order valence-electron chi connectivity index (χ4n) is 2.73. The molecule has 8 heteroatoms. The van der Waals surface area contributed by atoms with E-state index in [4.69, 9.17) is 23.2 Å². The summed E-state index contributed by atoms with van der Waals surface area (Å²) in [6.45, 7) is 4.45. The highest BCUT2D eigenvalue weighted by molar-refractivity contribution is 7.99. The van der Waals surface area contributed by atoms with Gasteiger partial charge in [-0.2, -0.15) is 0 Å². The minimum Gasteiger partial charge on any atom is -0.354 e. The number of carbonyl (C=O) groups is 2. The SMILES string of the molecule is CCCNC(=O)[C@H](C)N(Cc1ccc(F)cc1)C(=O)CSCc1ccc(Cl)c(Cl)c1. The Hall–Kier alpha value is -1.76. The highest BCUT2D eigenvalue weighted by Crippen LogP contribution is 2.25. The van der Waals surface area contributed by atoms with Crippen molar-refractivity contribution < 1.29 is 14.0 Å². The van der Waals surface area contributed by atoms with Crippen LogP contribution in [0.1, 0.15) is 31.4 Å². The smallest absolute Gasteiger partial charge is 0.242 e. The lowest BCUT2D eigenvalue weighted by molar-refractivity contribution is -0.138. The van der Waals surface area contributed by atoms with Crippen LogP contribution < -0.4 is 5.32 Å². The molecule has 0 spiro atoms. The van der Waals surface area contributed by atoms with Crippen molar-refractivity contribution in [1.82, 2.24) is 10.2 Å². The molecule has 4 nitrogen and oxygen atoms in total. The van der Waals surface area contributed by atoms with Gasteiger partial charge in [0.25, 0.3) is 0 Å². The van der Waals surface area contributed by atoms with Crippen molar-refractivity contribution in [3.8, 4) is 0 Å². The summed E-state index contributed by atoms with van der Waals surface area (Å²) in [5.41, 5.74) is 1.72. The Balaban J connectivity index is 2.05. The summed E-state index contributed by atoms with van der Waals surface area (Å²) in [4.78, 5) is 26.9. The second-order valence-electron chi connectivity index (χ2n) is 6.86. The van der Waals surface area contributed by atoms with Gasteiger partial charge in [-0.05, 0) is 48.7 Å². The maximum Gasteiger partial charge on any atom is 0.242 e. The van der Waals surface area contributed by atoms with E-state index in [1.165, 1.54) is 28.8 Å². The van der Waals surface area contributed by atoms with Crippen LogP contribution in [0.15, 0.2) is 42.5 Å².